The predicted octanol–water partition coefficient (Wildman–Crippen LogP) is 4.53. The monoisotopic (exact) mass is 300 g/mol. The molecule has 0 aliphatic heterocycles. The van der Waals surface area contributed by atoms with Gasteiger partial charge in [-0.15, -0.1) is 0 Å². The molecule has 0 heterocycles. The summed E-state index contributed by atoms with van der Waals surface area (Å²) in [5.41, 5.74) is 1.87. The minimum atomic E-state index is -0.140. The normalized spacial score (nSPS) is 19.8. The van der Waals surface area contributed by atoms with Crippen LogP contribution < -0.4 is 0 Å². The summed E-state index contributed by atoms with van der Waals surface area (Å²) in [7, 11) is 1.79. The Morgan fingerprint density at radius 2 is 2.18 bits per heavy atom. The highest BCUT2D eigenvalue weighted by Gasteiger charge is 2.38. The van der Waals surface area contributed by atoms with E-state index in [9.17, 15) is 4.39 Å². The first-order valence-corrected chi connectivity index (χ1v) is 6.93. The zero-order chi connectivity index (χ0) is 12.5. The number of hydrogen-bond donors (Lipinski definition) is 0. The standard InChI is InChI=1S/C14H18BrFO/c1-10-8-11(4-5-13(10)16)12(15)9-14(17-2)6-3-7-14/h4-5,8,12H,3,6-7,9H2,1-2H3. The van der Waals surface area contributed by atoms with Crippen LogP contribution >= 0.6 is 15.9 Å². The fraction of sp³-hybridized carbons (Fsp3) is 0.571. The van der Waals surface area contributed by atoms with Crippen molar-refractivity contribution in [3.63, 3.8) is 0 Å². The second kappa shape index (κ2) is 5.07. The van der Waals surface area contributed by atoms with Gasteiger partial charge in [0.25, 0.3) is 0 Å². The molecule has 1 saturated carbocycles. The van der Waals surface area contributed by atoms with Crippen LogP contribution in [0.15, 0.2) is 18.2 Å². The van der Waals surface area contributed by atoms with Gasteiger partial charge in [-0.1, -0.05) is 28.1 Å². The number of hydrogen-bond acceptors (Lipinski definition) is 1. The molecular weight excluding hydrogens is 283 g/mol. The van der Waals surface area contributed by atoms with E-state index in [1.54, 1.807) is 20.1 Å². The van der Waals surface area contributed by atoms with Crippen molar-refractivity contribution in [2.75, 3.05) is 7.11 Å². The lowest BCUT2D eigenvalue weighted by Gasteiger charge is -2.42. The molecule has 3 heteroatoms. The van der Waals surface area contributed by atoms with Gasteiger partial charge in [0.1, 0.15) is 5.82 Å². The van der Waals surface area contributed by atoms with Crippen molar-refractivity contribution >= 4 is 15.9 Å². The topological polar surface area (TPSA) is 9.23 Å². The molecule has 1 nitrogen and oxygen atoms in total. The molecule has 0 saturated heterocycles. The fourth-order valence-electron chi connectivity index (χ4n) is 2.37. The van der Waals surface area contributed by atoms with Gasteiger partial charge in [-0.25, -0.2) is 4.39 Å². The molecule has 1 aliphatic carbocycles. The van der Waals surface area contributed by atoms with Crippen LogP contribution in [0.2, 0.25) is 0 Å². The fourth-order valence-corrected chi connectivity index (χ4v) is 3.24. The summed E-state index contributed by atoms with van der Waals surface area (Å²) >= 11 is 3.69. The summed E-state index contributed by atoms with van der Waals surface area (Å²) in [5, 5.41) is 0. The second-order valence-electron chi connectivity index (χ2n) is 4.92. The predicted molar refractivity (Wildman–Crippen MR) is 71.0 cm³/mol. The summed E-state index contributed by atoms with van der Waals surface area (Å²) in [5.74, 6) is -0.140. The Bertz CT molecular complexity index is 396. The molecule has 1 fully saturated rings. The number of methoxy groups -OCH3 is 1. The summed E-state index contributed by atoms with van der Waals surface area (Å²) in [6, 6.07) is 5.31. The first kappa shape index (κ1) is 13.0. The number of rotatable bonds is 4. The third kappa shape index (κ3) is 2.71. The van der Waals surface area contributed by atoms with Gasteiger partial charge in [0.15, 0.2) is 0 Å². The molecule has 1 aromatic carbocycles. The molecule has 2 rings (SSSR count). The molecule has 1 unspecified atom stereocenters. The Balaban J connectivity index is 2.08. The smallest absolute Gasteiger partial charge is 0.126 e. The summed E-state index contributed by atoms with van der Waals surface area (Å²) < 4.78 is 18.8. The van der Waals surface area contributed by atoms with Crippen LogP contribution in [-0.2, 0) is 4.74 Å². The first-order chi connectivity index (χ1) is 8.06. The highest BCUT2D eigenvalue weighted by Crippen LogP contribution is 2.44. The van der Waals surface area contributed by atoms with Crippen molar-refractivity contribution in [3.05, 3.63) is 35.1 Å². The Kier molecular flexibility index (Phi) is 3.88. The van der Waals surface area contributed by atoms with Crippen molar-refractivity contribution in [2.45, 2.75) is 43.0 Å². The average molecular weight is 301 g/mol. The third-order valence-corrected chi connectivity index (χ3v) is 4.65. The Hall–Kier alpha value is -0.410. The molecule has 1 aromatic rings. The van der Waals surface area contributed by atoms with Crippen molar-refractivity contribution in [3.8, 4) is 0 Å². The average Bonchev–Trinajstić information content (AvgIpc) is 2.27. The van der Waals surface area contributed by atoms with Gasteiger partial charge < -0.3 is 4.74 Å². The maximum Gasteiger partial charge on any atom is 0.126 e. The van der Waals surface area contributed by atoms with Gasteiger partial charge in [0, 0.05) is 11.9 Å². The number of aryl methyl sites for hydroxylation is 1. The van der Waals surface area contributed by atoms with E-state index in [1.165, 1.54) is 6.42 Å². The minimum absolute atomic E-state index is 0.0382. The molecule has 0 spiro atoms. The van der Waals surface area contributed by atoms with E-state index in [-0.39, 0.29) is 16.2 Å². The number of benzene rings is 1. The van der Waals surface area contributed by atoms with E-state index >= 15 is 0 Å². The van der Waals surface area contributed by atoms with Gasteiger partial charge in [0.05, 0.1) is 5.60 Å². The minimum Gasteiger partial charge on any atom is -0.378 e. The summed E-state index contributed by atoms with van der Waals surface area (Å²) in [4.78, 5) is 0.238. The first-order valence-electron chi connectivity index (χ1n) is 6.02. The number of ether oxygens (including phenoxy) is 1. The molecule has 1 aliphatic rings. The second-order valence-corrected chi connectivity index (χ2v) is 6.03. The Morgan fingerprint density at radius 3 is 2.65 bits per heavy atom. The molecule has 0 N–H and O–H groups in total. The Labute approximate surface area is 110 Å². The lowest BCUT2D eigenvalue weighted by molar-refractivity contribution is -0.0773. The van der Waals surface area contributed by atoms with Crippen LogP contribution in [0.4, 0.5) is 4.39 Å². The van der Waals surface area contributed by atoms with Crippen LogP contribution in [0.3, 0.4) is 0 Å². The van der Waals surface area contributed by atoms with Crippen LogP contribution in [0, 0.1) is 12.7 Å². The van der Waals surface area contributed by atoms with Crippen LogP contribution in [0.5, 0.6) is 0 Å². The molecule has 1 atom stereocenters. The van der Waals surface area contributed by atoms with E-state index in [0.717, 1.165) is 24.8 Å². The zero-order valence-electron chi connectivity index (χ0n) is 10.3. The molecular formula is C14H18BrFO. The molecule has 17 heavy (non-hydrogen) atoms. The van der Waals surface area contributed by atoms with E-state index in [0.29, 0.717) is 5.56 Å². The van der Waals surface area contributed by atoms with Crippen molar-refractivity contribution < 1.29 is 9.13 Å². The van der Waals surface area contributed by atoms with Gasteiger partial charge in [-0.05, 0) is 49.8 Å². The van der Waals surface area contributed by atoms with E-state index in [2.05, 4.69) is 15.9 Å². The Morgan fingerprint density at radius 1 is 1.47 bits per heavy atom. The molecule has 0 amide bonds. The lowest BCUT2D eigenvalue weighted by atomic mass is 9.76. The van der Waals surface area contributed by atoms with Gasteiger partial charge in [-0.2, -0.15) is 0 Å². The molecule has 94 valence electrons. The lowest BCUT2D eigenvalue weighted by Crippen LogP contribution is -2.39. The van der Waals surface area contributed by atoms with Crippen molar-refractivity contribution in [1.29, 1.82) is 0 Å². The van der Waals surface area contributed by atoms with E-state index in [4.69, 9.17) is 4.74 Å². The SMILES string of the molecule is COC1(CC(Br)c2ccc(F)c(C)c2)CCC1. The zero-order valence-corrected chi connectivity index (χ0v) is 11.9. The number of alkyl halides is 1. The van der Waals surface area contributed by atoms with Gasteiger partial charge in [-0.3, -0.25) is 0 Å². The largest absolute Gasteiger partial charge is 0.378 e. The van der Waals surface area contributed by atoms with E-state index < -0.39 is 0 Å². The molecule has 0 radical (unpaired) electrons. The maximum absolute atomic E-state index is 13.2. The molecule has 0 bridgehead atoms. The van der Waals surface area contributed by atoms with Gasteiger partial charge >= 0.3 is 0 Å². The quantitative estimate of drug-likeness (QED) is 0.742. The summed E-state index contributed by atoms with van der Waals surface area (Å²) in [6.07, 6.45) is 4.46. The van der Waals surface area contributed by atoms with Crippen LogP contribution in [0.25, 0.3) is 0 Å². The highest BCUT2D eigenvalue weighted by atomic mass is 79.9. The third-order valence-electron chi connectivity index (χ3n) is 3.79. The van der Waals surface area contributed by atoms with Crippen LogP contribution in [-0.4, -0.2) is 12.7 Å². The van der Waals surface area contributed by atoms with Gasteiger partial charge in [0.2, 0.25) is 0 Å². The number of halogens is 2. The van der Waals surface area contributed by atoms with Crippen LogP contribution in [0.1, 0.15) is 41.6 Å². The molecule has 0 aromatic heterocycles. The van der Waals surface area contributed by atoms with Crippen molar-refractivity contribution in [1.82, 2.24) is 0 Å². The highest BCUT2D eigenvalue weighted by molar-refractivity contribution is 9.09. The maximum atomic E-state index is 13.2. The van der Waals surface area contributed by atoms with Crippen molar-refractivity contribution in [2.24, 2.45) is 0 Å². The van der Waals surface area contributed by atoms with E-state index in [1.807, 2.05) is 12.1 Å². The summed E-state index contributed by atoms with van der Waals surface area (Å²) in [6.45, 7) is 1.80.